The molecule has 0 spiro atoms. The molecule has 3 N–H and O–H groups in total. The first-order valence-corrected chi connectivity index (χ1v) is 4.68. The number of rotatable bonds is 2. The Morgan fingerprint density at radius 2 is 2.07 bits per heavy atom. The van der Waals surface area contributed by atoms with Crippen molar-refractivity contribution in [1.29, 1.82) is 0 Å². The van der Waals surface area contributed by atoms with E-state index in [2.05, 4.69) is 17.2 Å². The van der Waals surface area contributed by atoms with Gasteiger partial charge in [0.15, 0.2) is 0 Å². The minimum absolute atomic E-state index is 0.416. The Bertz CT molecular complexity index is 371. The van der Waals surface area contributed by atoms with Gasteiger partial charge in [-0.1, -0.05) is 36.2 Å². The van der Waals surface area contributed by atoms with Gasteiger partial charge >= 0.3 is 0 Å². The molecule has 0 heterocycles. The van der Waals surface area contributed by atoms with Crippen LogP contribution in [0.4, 0.5) is 0 Å². The first-order chi connectivity index (χ1) is 6.74. The minimum Gasteiger partial charge on any atom is -0.389 e. The number of hydrogen-bond donors (Lipinski definition) is 2. The zero-order valence-electron chi connectivity index (χ0n) is 8.00. The molecule has 1 aromatic carbocycles. The molecule has 0 amide bonds. The highest BCUT2D eigenvalue weighted by molar-refractivity contribution is 7.80. The molecule has 0 aliphatic heterocycles. The zero-order chi connectivity index (χ0) is 10.4. The van der Waals surface area contributed by atoms with Gasteiger partial charge < -0.3 is 11.1 Å². The molecular formula is C11H12N2S. The molecule has 3 heteroatoms. The highest BCUT2D eigenvalue weighted by atomic mass is 32.1. The number of nitrogens with one attached hydrogen (secondary N) is 1. The van der Waals surface area contributed by atoms with Crippen molar-refractivity contribution in [3.05, 3.63) is 35.4 Å². The summed E-state index contributed by atoms with van der Waals surface area (Å²) in [6.45, 7) is 0.692. The molecular weight excluding hydrogens is 192 g/mol. The highest BCUT2D eigenvalue weighted by Gasteiger charge is 1.93. The molecule has 1 aromatic rings. The average Bonchev–Trinajstić information content (AvgIpc) is 2.19. The van der Waals surface area contributed by atoms with Crippen LogP contribution in [-0.2, 0) is 0 Å². The summed E-state index contributed by atoms with van der Waals surface area (Å²) in [5, 5.41) is 2.95. The van der Waals surface area contributed by atoms with E-state index < -0.39 is 0 Å². The smallest absolute Gasteiger partial charge is 0.103 e. The first kappa shape index (κ1) is 10.7. The molecule has 0 aliphatic carbocycles. The molecule has 0 radical (unpaired) electrons. The molecule has 0 unspecified atom stereocenters. The maximum Gasteiger partial charge on any atom is 0.103 e. The van der Waals surface area contributed by atoms with Crippen LogP contribution in [0.15, 0.2) is 24.3 Å². The van der Waals surface area contributed by atoms with Crippen LogP contribution in [-0.4, -0.2) is 18.6 Å². The van der Waals surface area contributed by atoms with E-state index in [9.17, 15) is 0 Å². The fourth-order valence-electron chi connectivity index (χ4n) is 0.952. The molecule has 0 atom stereocenters. The monoisotopic (exact) mass is 204 g/mol. The lowest BCUT2D eigenvalue weighted by Gasteiger charge is -1.96. The third-order valence-corrected chi connectivity index (χ3v) is 1.90. The van der Waals surface area contributed by atoms with Gasteiger partial charge in [-0.25, -0.2) is 0 Å². The van der Waals surface area contributed by atoms with Crippen LogP contribution in [0.2, 0.25) is 0 Å². The Hall–Kier alpha value is -1.37. The predicted molar refractivity (Wildman–Crippen MR) is 63.1 cm³/mol. The molecule has 0 saturated carbocycles. The van der Waals surface area contributed by atoms with Gasteiger partial charge in [-0.3, -0.25) is 0 Å². The fourth-order valence-corrected chi connectivity index (χ4v) is 1.09. The topological polar surface area (TPSA) is 38.0 Å². The molecule has 0 saturated heterocycles. The summed E-state index contributed by atoms with van der Waals surface area (Å²) in [4.78, 5) is 0.416. The van der Waals surface area contributed by atoms with E-state index in [4.69, 9.17) is 18.0 Å². The van der Waals surface area contributed by atoms with Gasteiger partial charge in [0.1, 0.15) is 4.99 Å². The van der Waals surface area contributed by atoms with Gasteiger partial charge in [0.05, 0.1) is 6.54 Å². The SMILES string of the molecule is CNCC#Cc1ccc(C(N)=S)cc1. The maximum atomic E-state index is 5.47. The fraction of sp³-hybridized carbons (Fsp3) is 0.182. The lowest BCUT2D eigenvalue weighted by Crippen LogP contribution is -2.08. The average molecular weight is 204 g/mol. The van der Waals surface area contributed by atoms with E-state index in [0.29, 0.717) is 11.5 Å². The Morgan fingerprint density at radius 1 is 1.43 bits per heavy atom. The zero-order valence-corrected chi connectivity index (χ0v) is 8.82. The van der Waals surface area contributed by atoms with Crippen molar-refractivity contribution in [1.82, 2.24) is 5.32 Å². The van der Waals surface area contributed by atoms with Crippen LogP contribution in [0, 0.1) is 11.8 Å². The molecule has 0 aliphatic rings. The summed E-state index contributed by atoms with van der Waals surface area (Å²) in [6, 6.07) is 7.59. The molecule has 0 bridgehead atoms. The Morgan fingerprint density at radius 3 is 2.57 bits per heavy atom. The van der Waals surface area contributed by atoms with Crippen LogP contribution >= 0.6 is 12.2 Å². The Balaban J connectivity index is 2.75. The molecule has 0 aromatic heterocycles. The summed E-state index contributed by atoms with van der Waals surface area (Å²) in [6.07, 6.45) is 0. The van der Waals surface area contributed by atoms with Crippen molar-refractivity contribution in [2.24, 2.45) is 5.73 Å². The quantitative estimate of drug-likeness (QED) is 0.555. The summed E-state index contributed by atoms with van der Waals surface area (Å²) >= 11 is 4.84. The highest BCUT2D eigenvalue weighted by Crippen LogP contribution is 2.02. The Labute approximate surface area is 89.5 Å². The minimum atomic E-state index is 0.416. The lowest BCUT2D eigenvalue weighted by molar-refractivity contribution is 0.938. The van der Waals surface area contributed by atoms with Crippen LogP contribution in [0.1, 0.15) is 11.1 Å². The molecule has 2 nitrogen and oxygen atoms in total. The third-order valence-electron chi connectivity index (χ3n) is 1.67. The summed E-state index contributed by atoms with van der Waals surface area (Å²) in [5.41, 5.74) is 7.32. The maximum absolute atomic E-state index is 5.47. The van der Waals surface area contributed by atoms with E-state index in [1.165, 1.54) is 0 Å². The van der Waals surface area contributed by atoms with Crippen molar-refractivity contribution in [3.63, 3.8) is 0 Å². The molecule has 0 fully saturated rings. The molecule has 14 heavy (non-hydrogen) atoms. The van der Waals surface area contributed by atoms with Crippen molar-refractivity contribution < 1.29 is 0 Å². The van der Waals surface area contributed by atoms with E-state index in [-0.39, 0.29) is 0 Å². The van der Waals surface area contributed by atoms with E-state index in [0.717, 1.165) is 11.1 Å². The molecule has 1 rings (SSSR count). The van der Waals surface area contributed by atoms with Crippen molar-refractivity contribution in [3.8, 4) is 11.8 Å². The van der Waals surface area contributed by atoms with Crippen molar-refractivity contribution in [2.45, 2.75) is 0 Å². The van der Waals surface area contributed by atoms with Crippen molar-refractivity contribution >= 4 is 17.2 Å². The normalized spacial score (nSPS) is 8.93. The van der Waals surface area contributed by atoms with E-state index in [1.54, 1.807) is 0 Å². The lowest BCUT2D eigenvalue weighted by atomic mass is 10.1. The van der Waals surface area contributed by atoms with Gasteiger partial charge in [0.2, 0.25) is 0 Å². The summed E-state index contributed by atoms with van der Waals surface area (Å²) in [5.74, 6) is 5.99. The van der Waals surface area contributed by atoms with Gasteiger partial charge in [0, 0.05) is 11.1 Å². The van der Waals surface area contributed by atoms with Crippen molar-refractivity contribution in [2.75, 3.05) is 13.6 Å². The van der Waals surface area contributed by atoms with Crippen LogP contribution in [0.5, 0.6) is 0 Å². The summed E-state index contributed by atoms with van der Waals surface area (Å²) in [7, 11) is 1.87. The van der Waals surface area contributed by atoms with Crippen LogP contribution < -0.4 is 11.1 Å². The summed E-state index contributed by atoms with van der Waals surface area (Å²) < 4.78 is 0. The standard InChI is InChI=1S/C11H12N2S/c1-13-8-2-3-9-4-6-10(7-5-9)11(12)14/h4-7,13H,8H2,1H3,(H2,12,14). The number of nitrogens with two attached hydrogens (primary N) is 1. The molecule has 72 valence electrons. The predicted octanol–water partition coefficient (Wildman–Crippen LogP) is 0.892. The number of benzene rings is 1. The Kier molecular flexibility index (Phi) is 4.11. The van der Waals surface area contributed by atoms with Gasteiger partial charge in [-0.05, 0) is 19.2 Å². The number of hydrogen-bond acceptors (Lipinski definition) is 2. The second kappa shape index (κ2) is 5.38. The number of thiocarbonyl (C=S) groups is 1. The van der Waals surface area contributed by atoms with Crippen LogP contribution in [0.25, 0.3) is 0 Å². The van der Waals surface area contributed by atoms with E-state index >= 15 is 0 Å². The third kappa shape index (κ3) is 3.17. The first-order valence-electron chi connectivity index (χ1n) is 4.27. The van der Waals surface area contributed by atoms with E-state index in [1.807, 2.05) is 31.3 Å². The second-order valence-electron chi connectivity index (χ2n) is 2.77. The second-order valence-corrected chi connectivity index (χ2v) is 3.21. The van der Waals surface area contributed by atoms with Gasteiger partial charge in [-0.15, -0.1) is 0 Å². The van der Waals surface area contributed by atoms with Gasteiger partial charge in [-0.2, -0.15) is 0 Å². The van der Waals surface area contributed by atoms with Crippen LogP contribution in [0.3, 0.4) is 0 Å². The largest absolute Gasteiger partial charge is 0.389 e. The van der Waals surface area contributed by atoms with Gasteiger partial charge in [0.25, 0.3) is 0 Å².